The molecule has 1 aromatic heterocycles. The Morgan fingerprint density at radius 3 is 2.20 bits per heavy atom. The lowest BCUT2D eigenvalue weighted by molar-refractivity contribution is -0.138. The number of fused-ring (bicyclic) bond motifs is 2. The highest BCUT2D eigenvalue weighted by Crippen LogP contribution is 2.42. The van der Waals surface area contributed by atoms with E-state index in [-0.39, 0.29) is 17.7 Å². The van der Waals surface area contributed by atoms with Gasteiger partial charge in [0.2, 0.25) is 5.75 Å². The Labute approximate surface area is 269 Å². The predicted octanol–water partition coefficient (Wildman–Crippen LogP) is 5.12. The summed E-state index contributed by atoms with van der Waals surface area (Å²) >= 11 is 1.22. The maximum atomic E-state index is 14.5. The van der Waals surface area contributed by atoms with Crippen LogP contribution in [0.1, 0.15) is 29.7 Å². The molecule has 0 N–H and O–H groups in total. The summed E-state index contributed by atoms with van der Waals surface area (Å²) in [5, 5.41) is 1.77. The Bertz CT molecular complexity index is 2140. The van der Waals surface area contributed by atoms with E-state index < -0.39 is 12.0 Å². The number of ether oxygens (including phenoxy) is 5. The number of methoxy groups -OCH3 is 4. The summed E-state index contributed by atoms with van der Waals surface area (Å²) in [7, 11) is 6.18. The van der Waals surface area contributed by atoms with Crippen LogP contribution >= 0.6 is 11.3 Å². The maximum Gasteiger partial charge on any atom is 0.338 e. The third-order valence-electron chi connectivity index (χ3n) is 7.78. The number of hydrogen-bond acceptors (Lipinski definition) is 9. The average molecular weight is 637 g/mol. The molecule has 10 heteroatoms. The summed E-state index contributed by atoms with van der Waals surface area (Å²) in [6.07, 6.45) is 1.75. The van der Waals surface area contributed by atoms with Gasteiger partial charge in [0, 0.05) is 11.1 Å². The van der Waals surface area contributed by atoms with Crippen molar-refractivity contribution < 1.29 is 28.5 Å². The first-order valence-electron chi connectivity index (χ1n) is 14.6. The fraction of sp³-hybridized carbons (Fsp3) is 0.194. The molecular weight excluding hydrogens is 604 g/mol. The highest BCUT2D eigenvalue weighted by Gasteiger charge is 2.37. The van der Waals surface area contributed by atoms with E-state index in [0.29, 0.717) is 49.2 Å². The third-order valence-corrected chi connectivity index (χ3v) is 8.77. The van der Waals surface area contributed by atoms with Gasteiger partial charge in [-0.1, -0.05) is 72.0 Å². The van der Waals surface area contributed by atoms with Crippen LogP contribution in [0.4, 0.5) is 0 Å². The summed E-state index contributed by atoms with van der Waals surface area (Å²) in [6.45, 7) is 1.90. The first kappa shape index (κ1) is 30.7. The van der Waals surface area contributed by atoms with Crippen LogP contribution in [0, 0.1) is 0 Å². The zero-order valence-corrected chi connectivity index (χ0v) is 26.8. The summed E-state index contributed by atoms with van der Waals surface area (Å²) < 4.78 is 30.1. The molecule has 9 nitrogen and oxygen atoms in total. The van der Waals surface area contributed by atoms with Gasteiger partial charge in [-0.3, -0.25) is 9.36 Å². The van der Waals surface area contributed by atoms with E-state index in [1.807, 2.05) is 66.7 Å². The van der Waals surface area contributed by atoms with Crippen LogP contribution in [0.15, 0.2) is 94.2 Å². The topological polar surface area (TPSA) is 97.6 Å². The van der Waals surface area contributed by atoms with Gasteiger partial charge in [-0.2, -0.15) is 0 Å². The van der Waals surface area contributed by atoms with Crippen LogP contribution in [0.5, 0.6) is 23.0 Å². The summed E-state index contributed by atoms with van der Waals surface area (Å²) in [5.74, 6) is 1.31. The molecule has 5 aromatic rings. The molecule has 234 valence electrons. The second kappa shape index (κ2) is 12.9. The minimum Gasteiger partial charge on any atom is -0.496 e. The number of thiazole rings is 1. The van der Waals surface area contributed by atoms with Gasteiger partial charge >= 0.3 is 5.97 Å². The van der Waals surface area contributed by atoms with Crippen molar-refractivity contribution in [1.82, 2.24) is 4.57 Å². The number of carbonyl (C=O) groups excluding carboxylic acids is 1. The van der Waals surface area contributed by atoms with Crippen molar-refractivity contribution in [3.05, 3.63) is 121 Å². The van der Waals surface area contributed by atoms with E-state index in [1.165, 1.54) is 32.7 Å². The van der Waals surface area contributed by atoms with E-state index in [9.17, 15) is 9.59 Å². The normalized spacial score (nSPS) is 14.5. The van der Waals surface area contributed by atoms with Gasteiger partial charge in [-0.25, -0.2) is 9.79 Å². The summed E-state index contributed by atoms with van der Waals surface area (Å²) in [5.41, 5.74) is 2.39. The van der Waals surface area contributed by atoms with Crippen LogP contribution < -0.4 is 33.8 Å². The Balaban J connectivity index is 1.72. The molecule has 0 saturated heterocycles. The molecule has 0 amide bonds. The highest BCUT2D eigenvalue weighted by molar-refractivity contribution is 7.07. The van der Waals surface area contributed by atoms with E-state index in [2.05, 4.69) is 0 Å². The van der Waals surface area contributed by atoms with Crippen molar-refractivity contribution >= 4 is 39.9 Å². The van der Waals surface area contributed by atoms with Crippen molar-refractivity contribution in [2.45, 2.75) is 13.0 Å². The molecule has 1 aliphatic rings. The van der Waals surface area contributed by atoms with E-state index >= 15 is 0 Å². The number of rotatable bonds is 9. The van der Waals surface area contributed by atoms with Crippen LogP contribution in [-0.4, -0.2) is 45.6 Å². The summed E-state index contributed by atoms with van der Waals surface area (Å²) in [4.78, 5) is 33.9. The van der Waals surface area contributed by atoms with Crippen molar-refractivity contribution in [3.63, 3.8) is 0 Å². The molecule has 0 bridgehead atoms. The van der Waals surface area contributed by atoms with Gasteiger partial charge < -0.3 is 23.7 Å². The quantitative estimate of drug-likeness (QED) is 0.207. The van der Waals surface area contributed by atoms with Crippen LogP contribution in [0.25, 0.3) is 22.5 Å². The van der Waals surface area contributed by atoms with Gasteiger partial charge in [0.05, 0.1) is 50.8 Å². The van der Waals surface area contributed by atoms with Gasteiger partial charge in [-0.05, 0) is 47.5 Å². The first-order chi connectivity index (χ1) is 22.4. The Morgan fingerprint density at radius 1 is 0.870 bits per heavy atom. The van der Waals surface area contributed by atoms with E-state index in [4.69, 9.17) is 28.7 Å². The van der Waals surface area contributed by atoms with E-state index in [1.54, 1.807) is 36.8 Å². The average Bonchev–Trinajstić information content (AvgIpc) is 3.40. The Kier molecular flexibility index (Phi) is 8.63. The lowest BCUT2D eigenvalue weighted by atomic mass is 9.89. The van der Waals surface area contributed by atoms with Gasteiger partial charge in [0.1, 0.15) is 11.8 Å². The Hall–Kier alpha value is -5.35. The first-order valence-corrected chi connectivity index (χ1v) is 15.4. The molecule has 0 spiro atoms. The largest absolute Gasteiger partial charge is 0.496 e. The zero-order chi connectivity index (χ0) is 32.4. The van der Waals surface area contributed by atoms with Crippen LogP contribution in [0.3, 0.4) is 0 Å². The molecule has 1 aliphatic heterocycles. The Morgan fingerprint density at radius 2 is 1.54 bits per heavy atom. The minimum atomic E-state index is -0.909. The molecule has 2 heterocycles. The lowest BCUT2D eigenvalue weighted by Crippen LogP contribution is -2.40. The minimum absolute atomic E-state index is 0.148. The van der Waals surface area contributed by atoms with Crippen molar-refractivity contribution in [2.75, 3.05) is 35.0 Å². The molecule has 0 saturated carbocycles. The molecular formula is C36H32N2O7S. The monoisotopic (exact) mass is 636 g/mol. The lowest BCUT2D eigenvalue weighted by Gasteiger charge is -2.28. The molecule has 6 rings (SSSR count). The maximum absolute atomic E-state index is 14.5. The zero-order valence-electron chi connectivity index (χ0n) is 26.0. The third kappa shape index (κ3) is 5.30. The van der Waals surface area contributed by atoms with Crippen LogP contribution in [0.2, 0.25) is 0 Å². The number of carbonyl (C=O) groups is 1. The van der Waals surface area contributed by atoms with Gasteiger partial charge in [-0.15, -0.1) is 0 Å². The molecule has 0 fully saturated rings. The molecule has 46 heavy (non-hydrogen) atoms. The van der Waals surface area contributed by atoms with Crippen molar-refractivity contribution in [1.29, 1.82) is 0 Å². The number of aromatic nitrogens is 1. The smallest absolute Gasteiger partial charge is 0.338 e. The summed E-state index contributed by atoms with van der Waals surface area (Å²) in [6, 6.07) is 23.7. The molecule has 1 unspecified atom stereocenters. The molecule has 0 radical (unpaired) electrons. The second-order valence-electron chi connectivity index (χ2n) is 10.3. The predicted molar refractivity (Wildman–Crippen MR) is 178 cm³/mol. The second-order valence-corrected chi connectivity index (χ2v) is 11.3. The number of benzene rings is 4. The standard InChI is InChI=1S/C36H32N2O7S/c1-6-45-35(40)30-31(23-13-8-7-9-14-23)37-36-38(32(30)29-24-15-11-10-12-22(24)16-17-25(29)41-2)34(39)28(46-36)20-21-18-26(42-3)33(44-5)27(19-21)43-4/h7-20,32H,6H2,1-5H3/b28-20-. The number of nitrogens with zero attached hydrogens (tertiary/aromatic N) is 2. The van der Waals surface area contributed by atoms with Gasteiger partial charge in [0.15, 0.2) is 16.3 Å². The van der Waals surface area contributed by atoms with Crippen molar-refractivity contribution in [2.24, 2.45) is 4.99 Å². The fourth-order valence-electron chi connectivity index (χ4n) is 5.79. The fourth-order valence-corrected chi connectivity index (χ4v) is 6.79. The van der Waals surface area contributed by atoms with Crippen molar-refractivity contribution in [3.8, 4) is 23.0 Å². The highest BCUT2D eigenvalue weighted by atomic mass is 32.1. The number of esters is 1. The van der Waals surface area contributed by atoms with Crippen LogP contribution in [-0.2, 0) is 9.53 Å². The number of hydrogen-bond donors (Lipinski definition) is 0. The van der Waals surface area contributed by atoms with E-state index in [0.717, 1.165) is 16.3 Å². The molecule has 1 atom stereocenters. The SMILES string of the molecule is CCOC(=O)C1=C(c2ccccc2)N=c2s/c(=C\c3cc(OC)c(OC)c(OC)c3)c(=O)n2C1c1c(OC)ccc2ccccc12. The van der Waals surface area contributed by atoms with Gasteiger partial charge in [0.25, 0.3) is 5.56 Å². The molecule has 0 aliphatic carbocycles. The molecule has 4 aromatic carbocycles.